The number of aryl methyl sites for hydroxylation is 1. The number of nitrogens with zero attached hydrogens (tertiary/aromatic N) is 1. The molecule has 2 atom stereocenters. The molecule has 2 rings (SSSR count). The van der Waals surface area contributed by atoms with Gasteiger partial charge in [-0.05, 0) is 49.8 Å². The molecule has 90 valence electrons. The minimum Gasteiger partial charge on any atom is -0.489 e. The lowest BCUT2D eigenvalue weighted by Crippen LogP contribution is -2.28. The van der Waals surface area contributed by atoms with Gasteiger partial charge in [-0.1, -0.05) is 19.4 Å². The molecule has 0 spiro atoms. The molecule has 2 heteroatoms. The third-order valence-electron chi connectivity index (χ3n) is 3.57. The van der Waals surface area contributed by atoms with Gasteiger partial charge in [-0.3, -0.25) is 0 Å². The fraction of sp³-hybridized carbons (Fsp3) is 0.533. The van der Waals surface area contributed by atoms with Gasteiger partial charge in [0.25, 0.3) is 0 Å². The van der Waals surface area contributed by atoms with Crippen LogP contribution in [0.2, 0.25) is 0 Å². The number of hydrogen-bond acceptors (Lipinski definition) is 2. The monoisotopic (exact) mass is 229 g/mol. The van der Waals surface area contributed by atoms with Gasteiger partial charge in [0, 0.05) is 0 Å². The second kappa shape index (κ2) is 5.23. The molecule has 17 heavy (non-hydrogen) atoms. The van der Waals surface area contributed by atoms with E-state index in [9.17, 15) is 0 Å². The second-order valence-corrected chi connectivity index (χ2v) is 5.03. The highest BCUT2D eigenvalue weighted by molar-refractivity contribution is 5.45. The fourth-order valence-corrected chi connectivity index (χ4v) is 2.45. The van der Waals surface area contributed by atoms with Crippen molar-refractivity contribution in [2.75, 3.05) is 0 Å². The molecule has 1 fully saturated rings. The third kappa shape index (κ3) is 2.79. The lowest BCUT2D eigenvalue weighted by Gasteiger charge is -2.29. The summed E-state index contributed by atoms with van der Waals surface area (Å²) >= 11 is 0. The number of rotatable bonds is 2. The molecule has 0 aromatic heterocycles. The van der Waals surface area contributed by atoms with Gasteiger partial charge in [0.2, 0.25) is 0 Å². The van der Waals surface area contributed by atoms with Crippen LogP contribution in [0.15, 0.2) is 18.2 Å². The van der Waals surface area contributed by atoms with Crippen LogP contribution in [0.4, 0.5) is 0 Å². The summed E-state index contributed by atoms with van der Waals surface area (Å²) in [5.41, 5.74) is 1.76. The zero-order chi connectivity index (χ0) is 12.3. The maximum atomic E-state index is 9.11. The molecular weight excluding hydrogens is 210 g/mol. The highest BCUT2D eigenvalue weighted by Gasteiger charge is 2.23. The Bertz CT molecular complexity index is 433. The molecule has 2 unspecified atom stereocenters. The maximum Gasteiger partial charge on any atom is 0.137 e. The second-order valence-electron chi connectivity index (χ2n) is 5.03. The molecule has 0 saturated heterocycles. The fourth-order valence-electron chi connectivity index (χ4n) is 2.45. The molecule has 0 N–H and O–H groups in total. The lowest BCUT2D eigenvalue weighted by atomic mass is 9.88. The van der Waals surface area contributed by atoms with Gasteiger partial charge in [0.05, 0.1) is 5.56 Å². The predicted molar refractivity (Wildman–Crippen MR) is 67.9 cm³/mol. The van der Waals surface area contributed by atoms with Crippen molar-refractivity contribution in [3.05, 3.63) is 29.3 Å². The molecule has 0 aliphatic heterocycles. The predicted octanol–water partition coefficient (Wildman–Crippen LogP) is 3.82. The van der Waals surface area contributed by atoms with Crippen molar-refractivity contribution in [2.45, 2.75) is 45.6 Å². The van der Waals surface area contributed by atoms with Crippen molar-refractivity contribution in [1.82, 2.24) is 0 Å². The molecule has 1 saturated carbocycles. The summed E-state index contributed by atoms with van der Waals surface area (Å²) in [5.74, 6) is 1.34. The molecule has 0 bridgehead atoms. The number of nitriles is 1. The van der Waals surface area contributed by atoms with Gasteiger partial charge in [0.1, 0.15) is 17.9 Å². The van der Waals surface area contributed by atoms with Gasteiger partial charge in [-0.15, -0.1) is 0 Å². The first-order chi connectivity index (χ1) is 8.20. The first-order valence-corrected chi connectivity index (χ1v) is 6.38. The van der Waals surface area contributed by atoms with E-state index >= 15 is 0 Å². The standard InChI is InChI=1S/C15H19NO/c1-11-7-8-15(13(9-11)10-16)17-14-6-4-3-5-12(14)2/h7-9,12,14H,3-6H2,1-2H3. The van der Waals surface area contributed by atoms with Crippen LogP contribution in [0.3, 0.4) is 0 Å². The Hall–Kier alpha value is -1.49. The lowest BCUT2D eigenvalue weighted by molar-refractivity contribution is 0.102. The van der Waals surface area contributed by atoms with Gasteiger partial charge < -0.3 is 4.74 Å². The van der Waals surface area contributed by atoms with E-state index in [0.29, 0.717) is 11.5 Å². The highest BCUT2D eigenvalue weighted by atomic mass is 16.5. The Balaban J connectivity index is 2.15. The van der Waals surface area contributed by atoms with Gasteiger partial charge in [0.15, 0.2) is 0 Å². The molecule has 0 amide bonds. The van der Waals surface area contributed by atoms with Crippen LogP contribution in [0, 0.1) is 24.2 Å². The van der Waals surface area contributed by atoms with Crippen molar-refractivity contribution < 1.29 is 4.74 Å². The van der Waals surface area contributed by atoms with E-state index in [4.69, 9.17) is 10.00 Å². The molecule has 1 aliphatic carbocycles. The summed E-state index contributed by atoms with van der Waals surface area (Å²) in [6.45, 7) is 4.23. The van der Waals surface area contributed by atoms with E-state index in [1.54, 1.807) is 0 Å². The SMILES string of the molecule is Cc1ccc(OC2CCCCC2C)c(C#N)c1. The van der Waals surface area contributed by atoms with Crippen LogP contribution in [-0.4, -0.2) is 6.10 Å². The first kappa shape index (κ1) is 12.0. The van der Waals surface area contributed by atoms with E-state index in [1.807, 2.05) is 25.1 Å². The summed E-state index contributed by atoms with van der Waals surface area (Å²) in [6, 6.07) is 8.04. The molecule has 1 aromatic carbocycles. The zero-order valence-electron chi connectivity index (χ0n) is 10.6. The first-order valence-electron chi connectivity index (χ1n) is 6.38. The normalized spacial score (nSPS) is 24.1. The van der Waals surface area contributed by atoms with Crippen LogP contribution in [-0.2, 0) is 0 Å². The van der Waals surface area contributed by atoms with Crippen LogP contribution >= 0.6 is 0 Å². The average Bonchev–Trinajstić information content (AvgIpc) is 2.34. The van der Waals surface area contributed by atoms with Gasteiger partial charge in [-0.2, -0.15) is 5.26 Å². The Labute approximate surface area is 103 Å². The summed E-state index contributed by atoms with van der Waals surface area (Å²) in [5, 5.41) is 9.11. The van der Waals surface area contributed by atoms with E-state index in [-0.39, 0.29) is 6.10 Å². The minimum absolute atomic E-state index is 0.276. The largest absolute Gasteiger partial charge is 0.489 e. The zero-order valence-corrected chi connectivity index (χ0v) is 10.6. The van der Waals surface area contributed by atoms with Gasteiger partial charge >= 0.3 is 0 Å². The number of hydrogen-bond donors (Lipinski definition) is 0. The maximum absolute atomic E-state index is 9.11. The third-order valence-corrected chi connectivity index (χ3v) is 3.57. The minimum atomic E-state index is 0.276. The Morgan fingerprint density at radius 1 is 1.29 bits per heavy atom. The number of benzene rings is 1. The summed E-state index contributed by atoms with van der Waals surface area (Å²) in [7, 11) is 0. The smallest absolute Gasteiger partial charge is 0.137 e. The molecule has 1 aliphatic rings. The molecule has 2 nitrogen and oxygen atoms in total. The molecule has 0 heterocycles. The van der Waals surface area contributed by atoms with Crippen molar-refractivity contribution in [1.29, 1.82) is 5.26 Å². The highest BCUT2D eigenvalue weighted by Crippen LogP contribution is 2.29. The van der Waals surface area contributed by atoms with Crippen LogP contribution in [0.25, 0.3) is 0 Å². The Morgan fingerprint density at radius 2 is 2.06 bits per heavy atom. The van der Waals surface area contributed by atoms with E-state index in [0.717, 1.165) is 17.7 Å². The van der Waals surface area contributed by atoms with Crippen LogP contribution < -0.4 is 4.74 Å². The van der Waals surface area contributed by atoms with Crippen molar-refractivity contribution in [2.24, 2.45) is 5.92 Å². The van der Waals surface area contributed by atoms with Crippen LogP contribution in [0.1, 0.15) is 43.7 Å². The quantitative estimate of drug-likeness (QED) is 0.772. The van der Waals surface area contributed by atoms with Gasteiger partial charge in [-0.25, -0.2) is 0 Å². The van der Waals surface area contributed by atoms with E-state index in [2.05, 4.69) is 13.0 Å². The summed E-state index contributed by atoms with van der Waals surface area (Å²) in [4.78, 5) is 0. The van der Waals surface area contributed by atoms with E-state index in [1.165, 1.54) is 19.3 Å². The topological polar surface area (TPSA) is 33.0 Å². The summed E-state index contributed by atoms with van der Waals surface area (Å²) < 4.78 is 6.02. The molecular formula is C15H19NO. The van der Waals surface area contributed by atoms with Crippen LogP contribution in [0.5, 0.6) is 5.75 Å². The Kier molecular flexibility index (Phi) is 3.68. The molecule has 1 aromatic rings. The Morgan fingerprint density at radius 3 is 2.76 bits per heavy atom. The number of ether oxygens (including phenoxy) is 1. The van der Waals surface area contributed by atoms with E-state index < -0.39 is 0 Å². The molecule has 0 radical (unpaired) electrons. The average molecular weight is 229 g/mol. The van der Waals surface area contributed by atoms with Crippen molar-refractivity contribution >= 4 is 0 Å². The van der Waals surface area contributed by atoms with Crippen molar-refractivity contribution in [3.8, 4) is 11.8 Å². The van der Waals surface area contributed by atoms with Crippen molar-refractivity contribution in [3.63, 3.8) is 0 Å². The summed E-state index contributed by atoms with van der Waals surface area (Å²) in [6.07, 6.45) is 5.17.